The minimum absolute atomic E-state index is 0.295. The lowest BCUT2D eigenvalue weighted by atomic mass is 9.88. The molecule has 0 radical (unpaired) electrons. The molecule has 10 nitrogen and oxygen atoms in total. The van der Waals surface area contributed by atoms with Crippen molar-refractivity contribution in [3.8, 4) is 22.8 Å². The van der Waals surface area contributed by atoms with Crippen molar-refractivity contribution in [1.29, 1.82) is 0 Å². The van der Waals surface area contributed by atoms with E-state index in [1.54, 1.807) is 12.1 Å². The van der Waals surface area contributed by atoms with E-state index in [-0.39, 0.29) is 6.10 Å². The summed E-state index contributed by atoms with van der Waals surface area (Å²) in [5.41, 5.74) is 13.9. The van der Waals surface area contributed by atoms with Gasteiger partial charge < -0.3 is 30.1 Å². The molecule has 6 rings (SSSR count). The number of hydrogen-bond acceptors (Lipinski definition) is 10. The van der Waals surface area contributed by atoms with Crippen LogP contribution in [0.1, 0.15) is 36.5 Å². The summed E-state index contributed by atoms with van der Waals surface area (Å²) in [5.74, 6) is 2.44. The number of rotatable bonds is 12. The number of benzene rings is 2. The molecule has 2 aromatic carbocycles. The second-order valence-corrected chi connectivity index (χ2v) is 11.6. The average Bonchev–Trinajstić information content (AvgIpc) is 3.54. The molecule has 3 aromatic rings. The van der Waals surface area contributed by atoms with Crippen LogP contribution in [0.25, 0.3) is 11.3 Å². The van der Waals surface area contributed by atoms with Crippen LogP contribution in [0, 0.1) is 0 Å². The molecule has 1 saturated heterocycles. The number of piperazine rings is 1. The van der Waals surface area contributed by atoms with Crippen molar-refractivity contribution in [2.24, 2.45) is 0 Å². The number of aliphatic hydroxyl groups is 1. The van der Waals surface area contributed by atoms with E-state index in [1.165, 1.54) is 11.1 Å². The number of aryl methyl sites for hydroxylation is 1. The SMILES string of the molecule is CCC(O)C1=CC=C(COCCN2CCN(c3nc(N)nc4c3CCc3cc(OCc5ccc(OO)cc5)ccc3-4)CC2)C1. The highest BCUT2D eigenvalue weighted by Gasteiger charge is 2.27. The number of nitrogen functional groups attached to an aromatic ring is 1. The van der Waals surface area contributed by atoms with Gasteiger partial charge in [0.15, 0.2) is 5.75 Å². The van der Waals surface area contributed by atoms with Crippen LogP contribution in [-0.2, 0) is 24.2 Å². The first-order valence-corrected chi connectivity index (χ1v) is 15.4. The number of ether oxygens (including phenoxy) is 2. The van der Waals surface area contributed by atoms with Crippen LogP contribution in [0.4, 0.5) is 11.8 Å². The van der Waals surface area contributed by atoms with Gasteiger partial charge in [0.2, 0.25) is 5.95 Å². The summed E-state index contributed by atoms with van der Waals surface area (Å²) in [6.07, 6.45) is 7.07. The van der Waals surface area contributed by atoms with E-state index in [0.717, 1.165) is 97.9 Å². The molecule has 0 saturated carbocycles. The number of anilines is 2. The van der Waals surface area contributed by atoms with E-state index in [2.05, 4.69) is 37.9 Å². The Morgan fingerprint density at radius 1 is 0.955 bits per heavy atom. The smallest absolute Gasteiger partial charge is 0.222 e. The van der Waals surface area contributed by atoms with E-state index in [1.807, 2.05) is 31.2 Å². The highest BCUT2D eigenvalue weighted by molar-refractivity contribution is 5.76. The number of nitrogens with zero attached hydrogens (tertiary/aromatic N) is 4. The van der Waals surface area contributed by atoms with Crippen molar-refractivity contribution < 1.29 is 24.7 Å². The quantitative estimate of drug-likeness (QED) is 0.156. The summed E-state index contributed by atoms with van der Waals surface area (Å²) >= 11 is 0. The normalized spacial score (nSPS) is 17.0. The highest BCUT2D eigenvalue weighted by Crippen LogP contribution is 2.38. The molecule has 2 heterocycles. The Balaban J connectivity index is 1.02. The van der Waals surface area contributed by atoms with Crippen LogP contribution in [0.3, 0.4) is 0 Å². The van der Waals surface area contributed by atoms with E-state index in [9.17, 15) is 5.11 Å². The molecule has 1 aromatic heterocycles. The predicted molar refractivity (Wildman–Crippen MR) is 170 cm³/mol. The Morgan fingerprint density at radius 3 is 2.52 bits per heavy atom. The number of allylic oxidation sites excluding steroid dienone is 2. The Kier molecular flexibility index (Phi) is 9.42. The Morgan fingerprint density at radius 2 is 1.75 bits per heavy atom. The first-order chi connectivity index (χ1) is 21.5. The van der Waals surface area contributed by atoms with E-state index in [4.69, 9.17) is 25.4 Å². The van der Waals surface area contributed by atoms with Crippen LogP contribution in [0.2, 0.25) is 0 Å². The minimum atomic E-state index is -0.344. The lowest BCUT2D eigenvalue weighted by Crippen LogP contribution is -2.48. The van der Waals surface area contributed by atoms with Crippen molar-refractivity contribution in [3.05, 3.63) is 82.5 Å². The second kappa shape index (κ2) is 13.8. The zero-order chi connectivity index (χ0) is 30.5. The molecule has 1 atom stereocenters. The third-order valence-electron chi connectivity index (χ3n) is 8.70. The first-order valence-electron chi connectivity index (χ1n) is 15.4. The summed E-state index contributed by atoms with van der Waals surface area (Å²) in [6.45, 7) is 8.24. The molecule has 4 N–H and O–H groups in total. The molecule has 2 aliphatic carbocycles. The number of aromatic nitrogens is 2. The fraction of sp³-hybridized carbons (Fsp3) is 0.412. The molecular formula is C34H41N5O5. The standard InChI is InChI=1S/C34H41N5O5/c1-2-31(40)26-6-3-24(19-26)21-42-18-17-38-13-15-39(16-14-38)33-30-11-7-25-20-28(10-12-29(25)32(30)36-34(35)37-33)43-22-23-4-8-27(44-41)9-5-23/h3-6,8-10,12,20,31,40-41H,2,7,11,13-19,21-22H2,1H3,(H2,35,36,37). The Bertz CT molecular complexity index is 1520. The van der Waals surface area contributed by atoms with Crippen molar-refractivity contribution in [3.63, 3.8) is 0 Å². The van der Waals surface area contributed by atoms with Crippen LogP contribution < -0.4 is 20.3 Å². The highest BCUT2D eigenvalue weighted by atomic mass is 17.1. The van der Waals surface area contributed by atoms with Crippen molar-refractivity contribution in [2.75, 3.05) is 56.6 Å². The fourth-order valence-electron chi connectivity index (χ4n) is 6.15. The fourth-order valence-corrected chi connectivity index (χ4v) is 6.15. The third kappa shape index (κ3) is 6.89. The number of hydrogen-bond donors (Lipinski definition) is 3. The van der Waals surface area contributed by atoms with E-state index in [0.29, 0.717) is 31.5 Å². The topological polar surface area (TPSA) is 126 Å². The minimum Gasteiger partial charge on any atom is -0.489 e. The summed E-state index contributed by atoms with van der Waals surface area (Å²) in [7, 11) is 0. The lowest BCUT2D eigenvalue weighted by molar-refractivity contribution is -0.137. The average molecular weight is 600 g/mol. The van der Waals surface area contributed by atoms with Gasteiger partial charge in [-0.25, -0.2) is 10.2 Å². The molecule has 1 unspecified atom stereocenters. The molecule has 0 amide bonds. The van der Waals surface area contributed by atoms with Crippen LogP contribution in [0.5, 0.6) is 11.5 Å². The Hall–Kier alpha value is -3.96. The molecule has 0 bridgehead atoms. The van der Waals surface area contributed by atoms with Gasteiger partial charge in [-0.15, -0.1) is 0 Å². The third-order valence-corrected chi connectivity index (χ3v) is 8.70. The first kappa shape index (κ1) is 30.1. The Labute approximate surface area is 258 Å². The molecule has 1 aliphatic heterocycles. The summed E-state index contributed by atoms with van der Waals surface area (Å²) < 4.78 is 12.0. The van der Waals surface area contributed by atoms with Crippen molar-refractivity contribution >= 4 is 11.8 Å². The summed E-state index contributed by atoms with van der Waals surface area (Å²) in [5, 5.41) is 18.8. The molecule has 232 valence electrons. The molecule has 10 heteroatoms. The molecular weight excluding hydrogens is 558 g/mol. The molecule has 3 aliphatic rings. The van der Waals surface area contributed by atoms with E-state index < -0.39 is 0 Å². The molecule has 44 heavy (non-hydrogen) atoms. The number of fused-ring (bicyclic) bond motifs is 3. The van der Waals surface area contributed by atoms with Gasteiger partial charge in [-0.1, -0.05) is 31.2 Å². The second-order valence-electron chi connectivity index (χ2n) is 11.6. The summed E-state index contributed by atoms with van der Waals surface area (Å²) in [4.78, 5) is 18.4. The lowest BCUT2D eigenvalue weighted by Gasteiger charge is -2.37. The number of aliphatic hydroxyl groups excluding tert-OH is 1. The zero-order valence-electron chi connectivity index (χ0n) is 25.2. The maximum absolute atomic E-state index is 10.0. The van der Waals surface area contributed by atoms with Gasteiger partial charge in [0, 0.05) is 43.9 Å². The van der Waals surface area contributed by atoms with Gasteiger partial charge in [-0.05, 0) is 78.3 Å². The molecule has 1 fully saturated rings. The van der Waals surface area contributed by atoms with Gasteiger partial charge in [-0.2, -0.15) is 4.98 Å². The largest absolute Gasteiger partial charge is 0.489 e. The van der Waals surface area contributed by atoms with Crippen LogP contribution in [0.15, 0.2) is 65.8 Å². The predicted octanol–water partition coefficient (Wildman–Crippen LogP) is 4.42. The van der Waals surface area contributed by atoms with Crippen LogP contribution in [-0.4, -0.2) is 77.3 Å². The van der Waals surface area contributed by atoms with Gasteiger partial charge in [-0.3, -0.25) is 4.90 Å². The maximum atomic E-state index is 10.0. The van der Waals surface area contributed by atoms with E-state index >= 15 is 0 Å². The van der Waals surface area contributed by atoms with Crippen molar-refractivity contribution in [2.45, 2.75) is 45.3 Å². The van der Waals surface area contributed by atoms with Gasteiger partial charge in [0.05, 0.1) is 25.0 Å². The zero-order valence-corrected chi connectivity index (χ0v) is 25.2. The van der Waals surface area contributed by atoms with Gasteiger partial charge >= 0.3 is 0 Å². The van der Waals surface area contributed by atoms with Gasteiger partial charge in [0.1, 0.15) is 18.2 Å². The maximum Gasteiger partial charge on any atom is 0.222 e. The van der Waals surface area contributed by atoms with Crippen molar-refractivity contribution in [1.82, 2.24) is 14.9 Å². The molecule has 0 spiro atoms. The summed E-state index contributed by atoms with van der Waals surface area (Å²) in [6, 6.07) is 13.3. The van der Waals surface area contributed by atoms with Gasteiger partial charge in [0.25, 0.3) is 0 Å². The number of nitrogens with two attached hydrogens (primary N) is 1. The van der Waals surface area contributed by atoms with Crippen LogP contribution >= 0.6 is 0 Å². The monoisotopic (exact) mass is 599 g/mol.